The van der Waals surface area contributed by atoms with Crippen LogP contribution >= 0.6 is 15.9 Å². The Labute approximate surface area is 136 Å². The Bertz CT molecular complexity index is 469. The quantitative estimate of drug-likeness (QED) is 0.876. The molecule has 2 rings (SSSR count). The lowest BCUT2D eigenvalue weighted by Gasteiger charge is -2.38. The van der Waals surface area contributed by atoms with Crippen molar-refractivity contribution >= 4 is 15.9 Å². The highest BCUT2D eigenvalue weighted by Gasteiger charge is 2.24. The van der Waals surface area contributed by atoms with Crippen molar-refractivity contribution in [1.29, 1.82) is 0 Å². The molecule has 2 N–H and O–H groups in total. The molecule has 2 unspecified atom stereocenters. The molecule has 0 amide bonds. The number of nitrogens with zero attached hydrogens (tertiary/aromatic N) is 2. The van der Waals surface area contributed by atoms with E-state index in [9.17, 15) is 0 Å². The summed E-state index contributed by atoms with van der Waals surface area (Å²) in [5.41, 5.74) is 7.57. The maximum atomic E-state index is 6.40. The van der Waals surface area contributed by atoms with Gasteiger partial charge >= 0.3 is 0 Å². The molecule has 1 aliphatic rings. The van der Waals surface area contributed by atoms with Gasteiger partial charge in [-0.15, -0.1) is 0 Å². The van der Waals surface area contributed by atoms with Crippen LogP contribution < -0.4 is 10.5 Å². The van der Waals surface area contributed by atoms with Crippen LogP contribution in [-0.2, 0) is 6.42 Å². The van der Waals surface area contributed by atoms with Crippen molar-refractivity contribution in [3.63, 3.8) is 0 Å². The van der Waals surface area contributed by atoms with Crippen molar-refractivity contribution < 1.29 is 4.74 Å². The monoisotopic (exact) mass is 355 g/mol. The molecule has 0 radical (unpaired) electrons. The number of nitrogens with two attached hydrogens (primary N) is 1. The number of likely N-dealkylation sites (N-methyl/N-ethyl adjacent to an activating group) is 2. The number of hydrogen-bond acceptors (Lipinski definition) is 4. The summed E-state index contributed by atoms with van der Waals surface area (Å²) in [5.74, 6) is 0.919. The Kier molecular flexibility index (Phi) is 6.05. The minimum absolute atomic E-state index is 0.146. The summed E-state index contributed by atoms with van der Waals surface area (Å²) in [6, 6.07) is 6.78. The van der Waals surface area contributed by atoms with E-state index in [0.717, 1.165) is 42.7 Å². The van der Waals surface area contributed by atoms with Gasteiger partial charge in [0.25, 0.3) is 0 Å². The first-order valence-electron chi connectivity index (χ1n) is 7.46. The van der Waals surface area contributed by atoms with Gasteiger partial charge in [-0.2, -0.15) is 0 Å². The van der Waals surface area contributed by atoms with Gasteiger partial charge in [0.2, 0.25) is 0 Å². The van der Waals surface area contributed by atoms with Crippen molar-refractivity contribution in [3.8, 4) is 5.75 Å². The number of benzene rings is 1. The normalized spacial score (nSPS) is 22.2. The van der Waals surface area contributed by atoms with Gasteiger partial charge in [0, 0.05) is 36.2 Å². The van der Waals surface area contributed by atoms with Gasteiger partial charge in [0.1, 0.15) is 5.75 Å². The molecule has 21 heavy (non-hydrogen) atoms. The Morgan fingerprint density at radius 2 is 2.14 bits per heavy atom. The Balaban J connectivity index is 1.98. The van der Waals surface area contributed by atoms with Crippen LogP contribution in [0.5, 0.6) is 5.75 Å². The number of hydrogen-bond donors (Lipinski definition) is 1. The van der Waals surface area contributed by atoms with E-state index < -0.39 is 0 Å². The molecule has 0 aromatic heterocycles. The van der Waals surface area contributed by atoms with E-state index in [1.807, 2.05) is 12.1 Å². The van der Waals surface area contributed by atoms with E-state index >= 15 is 0 Å². The van der Waals surface area contributed by atoms with E-state index in [4.69, 9.17) is 10.5 Å². The molecule has 5 heteroatoms. The van der Waals surface area contributed by atoms with Gasteiger partial charge < -0.3 is 20.3 Å². The third-order valence-electron chi connectivity index (χ3n) is 4.28. The topological polar surface area (TPSA) is 41.7 Å². The molecular formula is C16H26BrN3O. The smallest absolute Gasteiger partial charge is 0.122 e. The fraction of sp³-hybridized carbons (Fsp3) is 0.625. The molecular weight excluding hydrogens is 330 g/mol. The standard InChI is InChI=1S/C16H26BrN3O/c1-19-6-7-20(2)15(11-19)10-14(18)9-12-8-13(17)4-5-16(12)21-3/h4-5,8,14-15H,6-7,9-11,18H2,1-3H3. The fourth-order valence-electron chi connectivity index (χ4n) is 2.98. The van der Waals surface area contributed by atoms with Crippen LogP contribution in [0.4, 0.5) is 0 Å². The van der Waals surface area contributed by atoms with Gasteiger partial charge in [-0.25, -0.2) is 0 Å². The molecule has 2 atom stereocenters. The molecule has 0 aliphatic carbocycles. The van der Waals surface area contributed by atoms with E-state index in [-0.39, 0.29) is 6.04 Å². The van der Waals surface area contributed by atoms with Crippen LogP contribution in [0.25, 0.3) is 0 Å². The third kappa shape index (κ3) is 4.68. The Morgan fingerprint density at radius 3 is 2.86 bits per heavy atom. The number of halogens is 1. The summed E-state index contributed by atoms with van der Waals surface area (Å²) in [5, 5.41) is 0. The SMILES string of the molecule is COc1ccc(Br)cc1CC(N)CC1CN(C)CCN1C. The van der Waals surface area contributed by atoms with E-state index in [0.29, 0.717) is 6.04 Å². The van der Waals surface area contributed by atoms with Crippen molar-refractivity contribution in [3.05, 3.63) is 28.2 Å². The zero-order chi connectivity index (χ0) is 15.4. The fourth-order valence-corrected chi connectivity index (χ4v) is 3.39. The van der Waals surface area contributed by atoms with Gasteiger partial charge in [0.05, 0.1) is 7.11 Å². The second-order valence-corrected chi connectivity index (χ2v) is 6.97. The highest BCUT2D eigenvalue weighted by Crippen LogP contribution is 2.25. The van der Waals surface area contributed by atoms with Gasteiger partial charge in [0.15, 0.2) is 0 Å². The zero-order valence-electron chi connectivity index (χ0n) is 13.2. The molecule has 1 fully saturated rings. The van der Waals surface area contributed by atoms with Gasteiger partial charge in [-0.3, -0.25) is 0 Å². The molecule has 118 valence electrons. The number of methoxy groups -OCH3 is 1. The minimum Gasteiger partial charge on any atom is -0.496 e. The first-order chi connectivity index (χ1) is 9.99. The van der Waals surface area contributed by atoms with Crippen molar-refractivity contribution in [2.24, 2.45) is 5.73 Å². The zero-order valence-corrected chi connectivity index (χ0v) is 14.8. The second-order valence-electron chi connectivity index (χ2n) is 6.05. The van der Waals surface area contributed by atoms with Crippen LogP contribution in [0.1, 0.15) is 12.0 Å². The molecule has 0 saturated carbocycles. The van der Waals surface area contributed by atoms with E-state index in [1.165, 1.54) is 5.56 Å². The van der Waals surface area contributed by atoms with Gasteiger partial charge in [-0.1, -0.05) is 15.9 Å². The molecule has 1 heterocycles. The van der Waals surface area contributed by atoms with Crippen LogP contribution in [0.2, 0.25) is 0 Å². The van der Waals surface area contributed by atoms with Gasteiger partial charge in [-0.05, 0) is 50.7 Å². The number of ether oxygens (including phenoxy) is 1. The average Bonchev–Trinajstić information content (AvgIpc) is 2.43. The van der Waals surface area contributed by atoms with E-state index in [1.54, 1.807) is 7.11 Å². The lowest BCUT2D eigenvalue weighted by molar-refractivity contribution is 0.104. The summed E-state index contributed by atoms with van der Waals surface area (Å²) in [4.78, 5) is 4.81. The third-order valence-corrected chi connectivity index (χ3v) is 4.77. The summed E-state index contributed by atoms with van der Waals surface area (Å²) < 4.78 is 6.50. The lowest BCUT2D eigenvalue weighted by atomic mass is 9.97. The highest BCUT2D eigenvalue weighted by atomic mass is 79.9. The maximum absolute atomic E-state index is 6.40. The molecule has 1 aromatic rings. The summed E-state index contributed by atoms with van der Waals surface area (Å²) in [6.45, 7) is 3.36. The molecule has 4 nitrogen and oxygen atoms in total. The predicted molar refractivity (Wildman–Crippen MR) is 90.9 cm³/mol. The van der Waals surface area contributed by atoms with Crippen LogP contribution in [0.15, 0.2) is 22.7 Å². The van der Waals surface area contributed by atoms with Crippen molar-refractivity contribution in [2.75, 3.05) is 40.8 Å². The Hall–Kier alpha value is -0.620. The minimum atomic E-state index is 0.146. The summed E-state index contributed by atoms with van der Waals surface area (Å²) >= 11 is 3.52. The predicted octanol–water partition coefficient (Wildman–Crippen LogP) is 1.96. The van der Waals surface area contributed by atoms with E-state index in [2.05, 4.69) is 45.9 Å². The van der Waals surface area contributed by atoms with Crippen molar-refractivity contribution in [1.82, 2.24) is 9.80 Å². The molecule has 0 bridgehead atoms. The first-order valence-corrected chi connectivity index (χ1v) is 8.25. The maximum Gasteiger partial charge on any atom is 0.122 e. The Morgan fingerprint density at radius 1 is 1.38 bits per heavy atom. The van der Waals surface area contributed by atoms with Crippen LogP contribution in [0, 0.1) is 0 Å². The van der Waals surface area contributed by atoms with Crippen molar-refractivity contribution in [2.45, 2.75) is 24.9 Å². The molecule has 1 aromatic carbocycles. The highest BCUT2D eigenvalue weighted by molar-refractivity contribution is 9.10. The lowest BCUT2D eigenvalue weighted by Crippen LogP contribution is -2.51. The van der Waals surface area contributed by atoms with Crippen LogP contribution in [0.3, 0.4) is 0 Å². The molecule has 0 spiro atoms. The molecule has 1 saturated heterocycles. The largest absolute Gasteiger partial charge is 0.496 e. The second kappa shape index (κ2) is 7.58. The number of piperazine rings is 1. The summed E-state index contributed by atoms with van der Waals surface area (Å²) in [6.07, 6.45) is 1.85. The van der Waals surface area contributed by atoms with Crippen LogP contribution in [-0.4, -0.2) is 62.7 Å². The molecule has 1 aliphatic heterocycles. The number of rotatable bonds is 5. The first kappa shape index (κ1) is 16.7. The average molecular weight is 356 g/mol. The summed E-state index contributed by atoms with van der Waals surface area (Å²) in [7, 11) is 6.09.